The molecule has 0 aliphatic rings. The number of fused-ring (bicyclic) bond motifs is 6. The predicted octanol–water partition coefficient (Wildman–Crippen LogP) is 13.7. The lowest BCUT2D eigenvalue weighted by atomic mass is 9.84. The summed E-state index contributed by atoms with van der Waals surface area (Å²) in [5.41, 5.74) is 11.6. The first-order chi connectivity index (χ1) is 25.6. The number of pyridine rings is 2. The van der Waals surface area contributed by atoms with Crippen molar-refractivity contribution in [1.82, 2.24) is 9.97 Å². The van der Waals surface area contributed by atoms with Gasteiger partial charge in [-0.3, -0.25) is 0 Å². The number of aromatic nitrogens is 2. The third kappa shape index (κ3) is 3.68. The fraction of sp³-hybridized carbons (Fsp3) is 0.0400. The van der Waals surface area contributed by atoms with Crippen LogP contribution in [-0.2, 0) is 0 Å². The van der Waals surface area contributed by atoms with Gasteiger partial charge in [-0.2, -0.15) is 0 Å². The van der Waals surface area contributed by atoms with Gasteiger partial charge in [0.05, 0.1) is 22.1 Å². The Hall–Kier alpha value is -6.64. The van der Waals surface area contributed by atoms with Gasteiger partial charge in [-0.15, -0.1) is 0 Å². The molecule has 12 rings (SSSR count). The Morgan fingerprint density at radius 1 is 0.327 bits per heavy atom. The topological polar surface area (TPSA) is 25.8 Å². The van der Waals surface area contributed by atoms with Crippen LogP contribution in [0.25, 0.3) is 120 Å². The zero-order valence-electron chi connectivity index (χ0n) is 28.8. The van der Waals surface area contributed by atoms with Crippen molar-refractivity contribution in [2.24, 2.45) is 0 Å². The molecule has 0 saturated carbocycles. The van der Waals surface area contributed by atoms with Gasteiger partial charge in [-0.25, -0.2) is 9.97 Å². The summed E-state index contributed by atoms with van der Waals surface area (Å²) in [5.74, 6) is 0. The van der Waals surface area contributed by atoms with Crippen molar-refractivity contribution >= 4 is 97.5 Å². The van der Waals surface area contributed by atoms with E-state index >= 15 is 0 Å². The van der Waals surface area contributed by atoms with Gasteiger partial charge in [0.1, 0.15) is 0 Å². The monoisotopic (exact) mass is 658 g/mol. The van der Waals surface area contributed by atoms with Gasteiger partial charge in [0.15, 0.2) is 0 Å². The van der Waals surface area contributed by atoms with Gasteiger partial charge in [-0.1, -0.05) is 132 Å². The first kappa shape index (κ1) is 28.1. The van der Waals surface area contributed by atoms with Crippen LogP contribution < -0.4 is 0 Å². The van der Waals surface area contributed by atoms with E-state index in [-0.39, 0.29) is 0 Å². The smallest absolute Gasteiger partial charge is 0.0801 e. The Kier molecular flexibility index (Phi) is 5.40. The lowest BCUT2D eigenvalue weighted by Crippen LogP contribution is -1.98. The highest BCUT2D eigenvalue weighted by Gasteiger charge is 2.25. The van der Waals surface area contributed by atoms with Crippen LogP contribution in [0.15, 0.2) is 146 Å². The summed E-state index contributed by atoms with van der Waals surface area (Å²) in [5, 5.41) is 17.0. The number of aryl methyl sites for hydroxylation is 2. The van der Waals surface area contributed by atoms with Crippen LogP contribution in [0.5, 0.6) is 0 Å². The highest BCUT2D eigenvalue weighted by Crippen LogP contribution is 2.50. The molecule has 0 fully saturated rings. The molecule has 0 atom stereocenters. The Labute approximate surface area is 299 Å². The Balaban J connectivity index is 1.26. The molecule has 0 aliphatic heterocycles. The van der Waals surface area contributed by atoms with Crippen molar-refractivity contribution in [3.63, 3.8) is 0 Å². The molecule has 0 amide bonds. The quantitative estimate of drug-likeness (QED) is 0.136. The molecule has 2 aromatic heterocycles. The maximum absolute atomic E-state index is 5.56. The van der Waals surface area contributed by atoms with E-state index in [1.807, 2.05) is 0 Å². The highest BCUT2D eigenvalue weighted by atomic mass is 14.7. The average molecular weight is 659 g/mol. The maximum Gasteiger partial charge on any atom is 0.0801 e. The molecule has 0 radical (unpaired) electrons. The molecular weight excluding hydrogens is 629 g/mol. The summed E-state index contributed by atoms with van der Waals surface area (Å²) in [6.45, 7) is 4.31. The van der Waals surface area contributed by atoms with Gasteiger partial charge >= 0.3 is 0 Å². The second-order valence-corrected chi connectivity index (χ2v) is 14.7. The molecule has 2 heterocycles. The van der Waals surface area contributed by atoms with Crippen molar-refractivity contribution < 1.29 is 0 Å². The molecule has 10 aromatic carbocycles. The Morgan fingerprint density at radius 2 is 0.731 bits per heavy atom. The van der Waals surface area contributed by atoms with Crippen LogP contribution in [-0.4, -0.2) is 9.97 Å². The number of nitrogens with zero attached hydrogens (tertiary/aromatic N) is 2. The molecule has 0 spiro atoms. The summed E-state index contributed by atoms with van der Waals surface area (Å²) in [6, 6.07) is 53.9. The van der Waals surface area contributed by atoms with Crippen LogP contribution in [0.1, 0.15) is 11.1 Å². The Bertz CT molecular complexity index is 3250. The fourth-order valence-corrected chi connectivity index (χ4v) is 9.30. The molecule has 2 heteroatoms. The summed E-state index contributed by atoms with van der Waals surface area (Å²) in [6.07, 6.45) is 0. The normalized spacial score (nSPS) is 12.4. The molecular formula is C50H30N2. The minimum Gasteiger partial charge on any atom is -0.247 e. The van der Waals surface area contributed by atoms with Gasteiger partial charge in [0.25, 0.3) is 0 Å². The van der Waals surface area contributed by atoms with E-state index in [9.17, 15) is 0 Å². The summed E-state index contributed by atoms with van der Waals surface area (Å²) >= 11 is 0. The third-order valence-corrected chi connectivity index (χ3v) is 11.6. The zero-order chi connectivity index (χ0) is 34.2. The van der Waals surface area contributed by atoms with Crippen LogP contribution in [0.2, 0.25) is 0 Å². The van der Waals surface area contributed by atoms with Crippen LogP contribution in [0.3, 0.4) is 0 Å². The van der Waals surface area contributed by atoms with Gasteiger partial charge in [-0.05, 0) is 103 Å². The highest BCUT2D eigenvalue weighted by molar-refractivity contribution is 6.41. The maximum atomic E-state index is 5.56. The van der Waals surface area contributed by atoms with E-state index in [1.54, 1.807) is 0 Å². The second-order valence-electron chi connectivity index (χ2n) is 14.7. The molecule has 240 valence electrons. The number of rotatable bonds is 2. The predicted molar refractivity (Wildman–Crippen MR) is 222 cm³/mol. The zero-order valence-corrected chi connectivity index (χ0v) is 28.8. The molecule has 2 nitrogen and oxygen atoms in total. The van der Waals surface area contributed by atoms with Crippen LogP contribution in [0.4, 0.5) is 0 Å². The second kappa shape index (κ2) is 9.99. The van der Waals surface area contributed by atoms with Gasteiger partial charge in [0, 0.05) is 32.3 Å². The van der Waals surface area contributed by atoms with Crippen molar-refractivity contribution in [1.29, 1.82) is 0 Å². The van der Waals surface area contributed by atoms with E-state index in [0.717, 1.165) is 22.1 Å². The molecule has 0 saturated heterocycles. The lowest BCUT2D eigenvalue weighted by molar-refractivity contribution is 1.50. The number of hydrogen-bond donors (Lipinski definition) is 0. The van der Waals surface area contributed by atoms with E-state index in [2.05, 4.69) is 159 Å². The SMILES string of the molecule is Cc1ccc2cc(-c3c4ccccc4c4nc5ccc6c(-c7ccc8cc(C)ccc8c7)c7ccccc7c7nc8ccc3c4c8c5c67)ccc2c1. The molecule has 0 unspecified atom stereocenters. The average Bonchev–Trinajstić information content (AvgIpc) is 3.18. The van der Waals surface area contributed by atoms with Crippen molar-refractivity contribution in [2.75, 3.05) is 0 Å². The van der Waals surface area contributed by atoms with Crippen molar-refractivity contribution in [3.05, 3.63) is 157 Å². The molecule has 52 heavy (non-hydrogen) atoms. The number of hydrogen-bond acceptors (Lipinski definition) is 2. The van der Waals surface area contributed by atoms with E-state index in [1.165, 1.54) is 109 Å². The fourth-order valence-electron chi connectivity index (χ4n) is 9.30. The largest absolute Gasteiger partial charge is 0.247 e. The lowest BCUT2D eigenvalue weighted by Gasteiger charge is -2.22. The van der Waals surface area contributed by atoms with Gasteiger partial charge < -0.3 is 0 Å². The van der Waals surface area contributed by atoms with Crippen molar-refractivity contribution in [2.45, 2.75) is 13.8 Å². The van der Waals surface area contributed by atoms with Crippen molar-refractivity contribution in [3.8, 4) is 22.3 Å². The molecule has 0 N–H and O–H groups in total. The summed E-state index contributed by atoms with van der Waals surface area (Å²) in [4.78, 5) is 11.1. The van der Waals surface area contributed by atoms with Gasteiger partial charge in [0.2, 0.25) is 0 Å². The molecule has 12 aromatic rings. The van der Waals surface area contributed by atoms with Crippen LogP contribution >= 0.6 is 0 Å². The van der Waals surface area contributed by atoms with E-state index in [4.69, 9.17) is 9.97 Å². The number of benzene rings is 10. The first-order valence-corrected chi connectivity index (χ1v) is 18.1. The minimum atomic E-state index is 1.01. The minimum absolute atomic E-state index is 1.01. The van der Waals surface area contributed by atoms with E-state index < -0.39 is 0 Å². The molecule has 0 bridgehead atoms. The van der Waals surface area contributed by atoms with E-state index in [0.29, 0.717) is 0 Å². The summed E-state index contributed by atoms with van der Waals surface area (Å²) in [7, 11) is 0. The third-order valence-electron chi connectivity index (χ3n) is 11.6. The molecule has 0 aliphatic carbocycles. The Morgan fingerprint density at radius 3 is 1.19 bits per heavy atom. The summed E-state index contributed by atoms with van der Waals surface area (Å²) < 4.78 is 0. The first-order valence-electron chi connectivity index (χ1n) is 18.1. The van der Waals surface area contributed by atoms with Crippen LogP contribution in [0, 0.1) is 13.8 Å². The standard InChI is InChI=1S/C50H30N2/c1-27-11-13-31-25-33(17-15-29(31)23-27)43-35-7-3-5-9-37(35)49-45-39(43)19-21-41-47(45)48-42(51-49)22-20-40-44(34-18-16-30-24-28(2)12-14-32(30)26-34)36-8-4-6-10-38(36)50(52-41)46(40)48/h3-26H,1-2H3.